The van der Waals surface area contributed by atoms with Crippen molar-refractivity contribution in [2.45, 2.75) is 26.0 Å². The zero-order valence-corrected chi connectivity index (χ0v) is 23.3. The lowest BCUT2D eigenvalue weighted by atomic mass is 9.73. The van der Waals surface area contributed by atoms with Crippen LogP contribution in [-0.4, -0.2) is 68.9 Å². The van der Waals surface area contributed by atoms with Crippen molar-refractivity contribution in [3.63, 3.8) is 0 Å². The number of amides is 1. The van der Waals surface area contributed by atoms with Gasteiger partial charge in [-0.15, -0.1) is 0 Å². The lowest BCUT2D eigenvalue weighted by Gasteiger charge is -2.54. The Bertz CT molecular complexity index is 1520. The van der Waals surface area contributed by atoms with Gasteiger partial charge in [-0.2, -0.15) is 5.10 Å². The number of halogens is 2. The molecule has 0 bridgehead atoms. The Balaban J connectivity index is 1.15. The standard InChI is InChI=1S/C27H28Cl2N8O3/c1-2-39-26(38)36-7-3-6-27(13-36)14-37(15-27)25-32-9-16(10-33-25)23-18-8-17(4-5-21(18)34-35-23)40-24(30)22-19(28)11-31-12-20(22)29/h4-5,8-12,24H,2-3,6-7,13-15,30H2,1H3,(H,34,35)/t24-/m0/s1. The quantitative estimate of drug-likeness (QED) is 0.307. The molecule has 0 saturated carbocycles. The van der Waals surface area contributed by atoms with Gasteiger partial charge in [0.2, 0.25) is 5.95 Å². The lowest BCUT2D eigenvalue weighted by Crippen LogP contribution is -2.64. The molecule has 1 atom stereocenters. The highest BCUT2D eigenvalue weighted by Gasteiger charge is 2.47. The first kappa shape index (κ1) is 26.5. The van der Waals surface area contributed by atoms with E-state index in [0.29, 0.717) is 46.2 Å². The Kier molecular flexibility index (Phi) is 7.11. The van der Waals surface area contributed by atoms with E-state index < -0.39 is 6.23 Å². The molecule has 2 saturated heterocycles. The second-order valence-electron chi connectivity index (χ2n) is 10.2. The van der Waals surface area contributed by atoms with Gasteiger partial charge in [0.25, 0.3) is 0 Å². The number of hydrogen-bond donors (Lipinski definition) is 2. The van der Waals surface area contributed by atoms with Crippen molar-refractivity contribution in [3.8, 4) is 17.0 Å². The fourth-order valence-electron chi connectivity index (χ4n) is 5.53. The lowest BCUT2D eigenvalue weighted by molar-refractivity contribution is 0.0430. The van der Waals surface area contributed by atoms with E-state index in [9.17, 15) is 4.79 Å². The number of anilines is 1. The predicted octanol–water partition coefficient (Wildman–Crippen LogP) is 4.82. The van der Waals surface area contributed by atoms with Crippen LogP contribution < -0.4 is 15.4 Å². The molecule has 2 aliphatic heterocycles. The van der Waals surface area contributed by atoms with E-state index in [1.165, 1.54) is 12.4 Å². The number of carbonyl (C=O) groups excluding carboxylic acids is 1. The summed E-state index contributed by atoms with van der Waals surface area (Å²) < 4.78 is 11.2. The van der Waals surface area contributed by atoms with Gasteiger partial charge in [-0.05, 0) is 38.0 Å². The predicted molar refractivity (Wildman–Crippen MR) is 151 cm³/mol. The van der Waals surface area contributed by atoms with Crippen LogP contribution in [0.4, 0.5) is 10.7 Å². The van der Waals surface area contributed by atoms with Gasteiger partial charge in [-0.25, -0.2) is 14.8 Å². The van der Waals surface area contributed by atoms with Crippen molar-refractivity contribution in [1.29, 1.82) is 0 Å². The molecule has 13 heteroatoms. The normalized spacial score (nSPS) is 17.1. The zero-order valence-electron chi connectivity index (χ0n) is 21.8. The summed E-state index contributed by atoms with van der Waals surface area (Å²) in [5.74, 6) is 1.18. The van der Waals surface area contributed by atoms with Crippen molar-refractivity contribution in [1.82, 2.24) is 30.0 Å². The van der Waals surface area contributed by atoms with Gasteiger partial charge in [0.05, 0.1) is 22.2 Å². The first-order valence-electron chi connectivity index (χ1n) is 13.0. The topological polar surface area (TPSA) is 135 Å². The third-order valence-corrected chi connectivity index (χ3v) is 8.01. The third kappa shape index (κ3) is 5.00. The minimum atomic E-state index is -0.883. The van der Waals surface area contributed by atoms with Gasteiger partial charge in [0.15, 0.2) is 6.23 Å². The minimum Gasteiger partial charge on any atom is -0.471 e. The molecule has 2 aliphatic rings. The van der Waals surface area contributed by atoms with Gasteiger partial charge in [-0.3, -0.25) is 15.8 Å². The van der Waals surface area contributed by atoms with Crippen LogP contribution in [0.1, 0.15) is 31.6 Å². The Hall–Kier alpha value is -3.67. The van der Waals surface area contributed by atoms with E-state index in [4.69, 9.17) is 38.4 Å². The first-order valence-corrected chi connectivity index (χ1v) is 13.8. The number of aromatic nitrogens is 5. The summed E-state index contributed by atoms with van der Waals surface area (Å²) in [6.45, 7) is 5.27. The molecule has 3 aromatic heterocycles. The molecule has 1 spiro atoms. The van der Waals surface area contributed by atoms with Gasteiger partial charge in [0, 0.05) is 72.9 Å². The fourth-order valence-corrected chi connectivity index (χ4v) is 6.11. The summed E-state index contributed by atoms with van der Waals surface area (Å²) in [6, 6.07) is 5.51. The summed E-state index contributed by atoms with van der Waals surface area (Å²) in [5, 5.41) is 9.01. The molecule has 11 nitrogen and oxygen atoms in total. The molecule has 1 aromatic carbocycles. The molecule has 0 aliphatic carbocycles. The average molecular weight is 583 g/mol. The number of H-pyrrole nitrogens is 1. The van der Waals surface area contributed by atoms with Crippen LogP contribution >= 0.6 is 23.2 Å². The van der Waals surface area contributed by atoms with Crippen LogP contribution in [-0.2, 0) is 4.74 Å². The smallest absolute Gasteiger partial charge is 0.409 e. The van der Waals surface area contributed by atoms with E-state index in [0.717, 1.165) is 48.9 Å². The Labute approximate surface area is 240 Å². The number of benzene rings is 1. The number of carbonyl (C=O) groups is 1. The third-order valence-electron chi connectivity index (χ3n) is 7.41. The molecule has 0 unspecified atom stereocenters. The maximum atomic E-state index is 12.2. The SMILES string of the molecule is CCOC(=O)N1CCCC2(C1)CN(c1ncc(-c3n[nH]c4ccc(O[C@H](N)c5c(Cl)cncc5Cl)cc34)cn1)C2. The van der Waals surface area contributed by atoms with Gasteiger partial charge in [0.1, 0.15) is 11.4 Å². The van der Waals surface area contributed by atoms with Gasteiger partial charge < -0.3 is 19.3 Å². The monoisotopic (exact) mass is 582 g/mol. The molecule has 2 fully saturated rings. The molecule has 1 amide bonds. The molecule has 3 N–H and O–H groups in total. The van der Waals surface area contributed by atoms with Gasteiger partial charge >= 0.3 is 6.09 Å². The molecular formula is C27H28Cl2N8O3. The van der Waals surface area contributed by atoms with Gasteiger partial charge in [-0.1, -0.05) is 23.2 Å². The number of likely N-dealkylation sites (tertiary alicyclic amines) is 1. The molecule has 5 heterocycles. The number of fused-ring (bicyclic) bond motifs is 1. The molecule has 4 aromatic rings. The number of ether oxygens (including phenoxy) is 2. The number of aromatic amines is 1. The summed E-state index contributed by atoms with van der Waals surface area (Å²) >= 11 is 12.5. The maximum absolute atomic E-state index is 12.2. The van der Waals surface area contributed by atoms with Crippen LogP contribution in [0.5, 0.6) is 5.75 Å². The number of nitrogens with one attached hydrogen (secondary N) is 1. The molecular weight excluding hydrogens is 555 g/mol. The average Bonchev–Trinajstić information content (AvgIpc) is 3.35. The van der Waals surface area contributed by atoms with E-state index in [1.54, 1.807) is 18.5 Å². The Morgan fingerprint density at radius 2 is 1.90 bits per heavy atom. The number of nitrogens with two attached hydrogens (primary N) is 1. The van der Waals surface area contributed by atoms with Crippen molar-refractivity contribution in [2.75, 3.05) is 37.7 Å². The molecule has 40 heavy (non-hydrogen) atoms. The Morgan fingerprint density at radius 3 is 2.62 bits per heavy atom. The largest absolute Gasteiger partial charge is 0.471 e. The molecule has 0 radical (unpaired) electrons. The van der Waals surface area contributed by atoms with E-state index in [2.05, 4.69) is 30.0 Å². The first-order chi connectivity index (χ1) is 19.4. The van der Waals surface area contributed by atoms with Crippen molar-refractivity contribution >= 4 is 46.1 Å². The van der Waals surface area contributed by atoms with Crippen molar-refractivity contribution in [3.05, 3.63) is 58.6 Å². The van der Waals surface area contributed by atoms with Crippen LogP contribution in [0.2, 0.25) is 10.0 Å². The minimum absolute atomic E-state index is 0.0629. The highest BCUT2D eigenvalue weighted by atomic mass is 35.5. The van der Waals surface area contributed by atoms with E-state index >= 15 is 0 Å². The number of pyridine rings is 1. The summed E-state index contributed by atoms with van der Waals surface area (Å²) in [7, 11) is 0. The fraction of sp³-hybridized carbons (Fsp3) is 0.370. The van der Waals surface area contributed by atoms with Crippen molar-refractivity contribution < 1.29 is 14.3 Å². The van der Waals surface area contributed by atoms with Crippen LogP contribution in [0.15, 0.2) is 43.0 Å². The number of hydrogen-bond acceptors (Lipinski definition) is 9. The molecule has 6 rings (SSSR count). The van der Waals surface area contributed by atoms with Crippen LogP contribution in [0.25, 0.3) is 22.2 Å². The summed E-state index contributed by atoms with van der Waals surface area (Å²) in [4.78, 5) is 29.4. The number of rotatable bonds is 6. The Morgan fingerprint density at radius 1 is 1.15 bits per heavy atom. The number of piperidine rings is 1. The summed E-state index contributed by atoms with van der Waals surface area (Å²) in [6.07, 6.45) is 7.41. The van der Waals surface area contributed by atoms with Crippen LogP contribution in [0, 0.1) is 5.41 Å². The second-order valence-corrected chi connectivity index (χ2v) is 11.0. The highest BCUT2D eigenvalue weighted by molar-refractivity contribution is 6.35. The second kappa shape index (κ2) is 10.7. The summed E-state index contributed by atoms with van der Waals surface area (Å²) in [5.41, 5.74) is 9.06. The number of nitrogens with zero attached hydrogens (tertiary/aromatic N) is 6. The molecule has 208 valence electrons. The van der Waals surface area contributed by atoms with E-state index in [1.807, 2.05) is 24.0 Å². The van der Waals surface area contributed by atoms with Crippen molar-refractivity contribution in [2.24, 2.45) is 11.1 Å². The van der Waals surface area contributed by atoms with Crippen LogP contribution in [0.3, 0.4) is 0 Å². The van der Waals surface area contributed by atoms with E-state index in [-0.39, 0.29) is 11.5 Å². The maximum Gasteiger partial charge on any atom is 0.409 e. The zero-order chi connectivity index (χ0) is 27.9. The highest BCUT2D eigenvalue weighted by Crippen LogP contribution is 2.41.